The Labute approximate surface area is 804 Å². The van der Waals surface area contributed by atoms with Crippen molar-refractivity contribution in [2.75, 3.05) is 79.4 Å². The van der Waals surface area contributed by atoms with Crippen LogP contribution in [0.5, 0.6) is 0 Å². The number of likely N-dealkylation sites (N-methyl/N-ethyl adjacent to an activating group) is 2. The summed E-state index contributed by atoms with van der Waals surface area (Å²) >= 11 is 33.8. The highest BCUT2D eigenvalue weighted by atomic mass is 35.5. The molecule has 0 amide bonds. The molecule has 10 aromatic heterocycles. The summed E-state index contributed by atoms with van der Waals surface area (Å²) in [7, 11) is 5.21. The highest BCUT2D eigenvalue weighted by Crippen LogP contribution is 2.39. The van der Waals surface area contributed by atoms with Crippen molar-refractivity contribution < 1.29 is 47.7 Å². The molecule has 0 fully saturated rings. The zero-order valence-corrected chi connectivity index (χ0v) is 82.4. The summed E-state index contributed by atoms with van der Waals surface area (Å²) < 4.78 is 33.5. The van der Waals surface area contributed by atoms with E-state index in [2.05, 4.69) is 177 Å². The van der Waals surface area contributed by atoms with Gasteiger partial charge in [0.1, 0.15) is 80.3 Å². The number of H-pyrrole nitrogens is 5. The minimum absolute atomic E-state index is 0.00905. The molecule has 0 unspecified atom stereocenters. The number of nitrogens with one attached hydrogen (secondary N) is 5. The molecular formula is C100H112Cl5N17O10S. The number of carbonyl (C=O) groups excluding carboxylic acids is 5. The normalized spacial score (nSPS) is 11.0. The number of hydrogen-bond donors (Lipinski definition) is 5. The molecule has 0 aliphatic heterocycles. The monoisotopic (exact) mass is 1920 g/mol. The molecule has 0 spiro atoms. The number of halogens is 5. The van der Waals surface area contributed by atoms with E-state index in [4.69, 9.17) is 81.7 Å². The van der Waals surface area contributed by atoms with Crippen LogP contribution < -0.4 is 0 Å². The fourth-order valence-corrected chi connectivity index (χ4v) is 16.0. The van der Waals surface area contributed by atoms with Gasteiger partial charge in [0, 0.05) is 41.6 Å². The van der Waals surface area contributed by atoms with Crippen LogP contribution in [-0.4, -0.2) is 193 Å². The highest BCUT2D eigenvalue weighted by molar-refractivity contribution is 7.98. The second kappa shape index (κ2) is 47.8. The number of carbonyl (C=O) groups is 5. The van der Waals surface area contributed by atoms with E-state index in [9.17, 15) is 24.0 Å². The Hall–Kier alpha value is -12.4. The van der Waals surface area contributed by atoms with E-state index >= 15 is 0 Å². The Morgan fingerprint density at radius 3 is 0.789 bits per heavy atom. The second-order valence-electron chi connectivity index (χ2n) is 31.9. The smallest absolute Gasteiger partial charge is 0.328 e. The van der Waals surface area contributed by atoms with Crippen molar-refractivity contribution in [1.29, 1.82) is 0 Å². The first-order chi connectivity index (χ1) is 63.7. The summed E-state index contributed by atoms with van der Waals surface area (Å²) in [5, 5.41) is 24.6. The predicted octanol–water partition coefficient (Wildman–Crippen LogP) is 21.7. The molecule has 0 bridgehead atoms. The lowest BCUT2D eigenvalue weighted by atomic mass is 10.1. The lowest BCUT2D eigenvalue weighted by molar-refractivity contribution is -0.145. The summed E-state index contributed by atoms with van der Waals surface area (Å²) in [5.74, 6) is -1.40. The number of thioether (sulfide) groups is 1. The van der Waals surface area contributed by atoms with E-state index in [1.807, 2.05) is 169 Å². The third-order valence-electron chi connectivity index (χ3n) is 21.3. The van der Waals surface area contributed by atoms with Gasteiger partial charge in [-0.3, -0.25) is 47.4 Å². The van der Waals surface area contributed by atoms with Gasteiger partial charge >= 0.3 is 29.8 Å². The van der Waals surface area contributed by atoms with Crippen molar-refractivity contribution in [2.45, 2.75) is 123 Å². The van der Waals surface area contributed by atoms with Crippen LogP contribution in [-0.2, 0) is 80.4 Å². The minimum atomic E-state index is -0.374. The summed E-state index contributed by atoms with van der Waals surface area (Å²) in [6, 6.07) is 61.0. The van der Waals surface area contributed by atoms with Crippen molar-refractivity contribution >= 4 is 99.6 Å². The van der Waals surface area contributed by atoms with E-state index in [-0.39, 0.29) is 62.6 Å². The third-order valence-corrected chi connectivity index (χ3v) is 23.9. The largest absolute Gasteiger partial charge is 0.468 e. The summed E-state index contributed by atoms with van der Waals surface area (Å²) in [5.41, 5.74) is 27.1. The molecule has 27 nitrogen and oxygen atoms in total. The number of hydrogen-bond acceptors (Lipinski definition) is 18. The van der Waals surface area contributed by atoms with Gasteiger partial charge in [0.05, 0.1) is 95.8 Å². The van der Waals surface area contributed by atoms with Gasteiger partial charge in [0.2, 0.25) is 0 Å². The fourth-order valence-electron chi connectivity index (χ4n) is 14.5. The van der Waals surface area contributed by atoms with Gasteiger partial charge in [-0.15, -0.1) is 11.8 Å². The first-order valence-corrected chi connectivity index (χ1v) is 46.6. The number of methoxy groups -OCH3 is 1. The molecule has 0 radical (unpaired) electrons. The Morgan fingerprint density at radius 2 is 0.564 bits per heavy atom. The molecule has 0 atom stereocenters. The zero-order chi connectivity index (χ0) is 95.9. The van der Waals surface area contributed by atoms with E-state index in [1.165, 1.54) is 46.7 Å². The van der Waals surface area contributed by atoms with E-state index < -0.39 is 0 Å². The van der Waals surface area contributed by atoms with Crippen molar-refractivity contribution in [1.82, 2.24) is 83.6 Å². The fraction of sp³-hybridized carbons (Fsp3) is 0.300. The zero-order valence-electron chi connectivity index (χ0n) is 77.8. The number of benzene rings is 5. The molecule has 10 heterocycles. The topological polar surface area (TPSA) is 306 Å². The van der Waals surface area contributed by atoms with Gasteiger partial charge in [0.25, 0.3) is 0 Å². The van der Waals surface area contributed by atoms with Crippen LogP contribution in [0, 0.1) is 69.2 Å². The molecule has 5 N–H and O–H groups in total. The van der Waals surface area contributed by atoms with Gasteiger partial charge in [-0.1, -0.05) is 191 Å². The van der Waals surface area contributed by atoms with Gasteiger partial charge in [-0.2, -0.15) is 25.5 Å². The molecular weight excluding hydrogens is 1810 g/mol. The maximum atomic E-state index is 12.4. The minimum Gasteiger partial charge on any atom is -0.468 e. The maximum Gasteiger partial charge on any atom is 0.328 e. The SMILES string of the molecule is CCN(CC)CCOC(=O)Cn1nc(C)c(Cl)c1-c1ccc(-c2cccc(C)c2)[nH]1.CCOC(=O)Cn1nc(C)c(Cl)c1-c1ccc(-c2cccc(C)c2)[nH]1.COC(=O)Cn1nc(C)c(Cl)c1-c1ccc(-c2cccc(C)c2)[nH]1.CSCOC(=O)Cn1nc(C)c(Cl)c1-c1ccc(-c2cccc(C)c2)[nH]1.Cc1cccc(-c2ccc(-c3c(Cl)c(C)nn3CC(=O)OCCN(C)C)[nH]2)c1. The molecule has 0 saturated heterocycles. The van der Waals surface area contributed by atoms with Gasteiger partial charge in [-0.25, -0.2) is 0 Å². The number of ether oxygens (including phenoxy) is 5. The Morgan fingerprint density at radius 1 is 0.331 bits per heavy atom. The van der Waals surface area contributed by atoms with Crippen molar-refractivity contribution in [3.05, 3.63) is 263 Å². The van der Waals surface area contributed by atoms with Crippen LogP contribution in [0.2, 0.25) is 25.1 Å². The van der Waals surface area contributed by atoms with Gasteiger partial charge < -0.3 is 58.4 Å². The molecule has 698 valence electrons. The Balaban J connectivity index is 0.000000160. The lowest BCUT2D eigenvalue weighted by Crippen LogP contribution is -2.28. The van der Waals surface area contributed by atoms with Crippen LogP contribution >= 0.6 is 69.8 Å². The van der Waals surface area contributed by atoms with Crippen LogP contribution in [0.4, 0.5) is 0 Å². The van der Waals surface area contributed by atoms with E-state index in [0.717, 1.165) is 104 Å². The van der Waals surface area contributed by atoms with Gasteiger partial charge in [0.15, 0.2) is 0 Å². The first-order valence-electron chi connectivity index (χ1n) is 43.3. The summed E-state index contributed by atoms with van der Waals surface area (Å²) in [4.78, 5) is 81.1. The van der Waals surface area contributed by atoms with E-state index in [1.54, 1.807) is 30.3 Å². The predicted molar refractivity (Wildman–Crippen MR) is 531 cm³/mol. The number of rotatable bonds is 31. The number of nitrogens with zero attached hydrogens (tertiary/aromatic N) is 12. The second-order valence-corrected chi connectivity index (χ2v) is 34.6. The molecule has 133 heavy (non-hydrogen) atoms. The van der Waals surface area contributed by atoms with Gasteiger partial charge in [-0.05, 0) is 228 Å². The van der Waals surface area contributed by atoms with Crippen molar-refractivity contribution in [3.8, 4) is 113 Å². The molecule has 0 aliphatic carbocycles. The van der Waals surface area contributed by atoms with Crippen LogP contribution in [0.15, 0.2) is 182 Å². The summed E-state index contributed by atoms with van der Waals surface area (Å²) in [6.07, 6.45) is 1.87. The number of aromatic nitrogens is 15. The molecule has 15 rings (SSSR count). The average molecular weight is 1920 g/mol. The van der Waals surface area contributed by atoms with Crippen molar-refractivity contribution in [3.63, 3.8) is 0 Å². The third kappa shape index (κ3) is 27.0. The standard InChI is InChI=1S/C23H29ClN4O2.C21H25ClN4O2.C19H20ClN3O2S.C19H20ClN3O2.C18H18ClN3O2/c1-5-27(6-2)12-13-30-21(29)15-28-23(22(24)17(4)26-28)20-11-10-19(25-20)18-9-7-8-16(3)14-18;1-14-6-5-7-16(12-14)17-8-9-18(23-17)21-20(22)15(2)24-26(21)13-19(27)28-11-10-25(3)4;1-12-5-4-6-14(9-12)15-7-8-16(21-15)19-18(20)13(2)22-23(19)10-17(24)25-11-26-3;1-4-25-17(24)11-23-19(18(20)13(3)22-23)16-9-8-15(21-16)14-7-5-6-12(2)10-14;1-11-5-4-6-13(9-11)14-7-8-15(20-14)18-17(19)12(2)21-22(18)10-16(23)24-3/h7-11,14,25H,5-6,12-13,15H2,1-4H3;5-9,12,23H,10-11,13H2,1-4H3;4-9,21H,10-11H2,1-3H3;5-10,21H,4,11H2,1-3H3;4-9,20H,10H2,1-3H3. The van der Waals surface area contributed by atoms with Crippen LogP contribution in [0.3, 0.4) is 0 Å². The molecule has 15 aromatic rings. The maximum absolute atomic E-state index is 12.4. The Kier molecular flexibility index (Phi) is 36.4. The van der Waals surface area contributed by atoms with Crippen LogP contribution in [0.25, 0.3) is 113 Å². The average Bonchev–Trinajstić information content (AvgIpc) is 1.66. The Bertz CT molecular complexity index is 6510. The highest BCUT2D eigenvalue weighted by Gasteiger charge is 2.27. The number of esters is 5. The molecule has 0 aliphatic rings. The van der Waals surface area contributed by atoms with Crippen LogP contribution in [0.1, 0.15) is 77.1 Å². The first kappa shape index (κ1) is 101. The quantitative estimate of drug-likeness (QED) is 0.0153. The van der Waals surface area contributed by atoms with E-state index in [0.29, 0.717) is 114 Å². The lowest BCUT2D eigenvalue weighted by Gasteiger charge is -2.17. The summed E-state index contributed by atoms with van der Waals surface area (Å²) in [6.45, 7) is 29.7. The molecule has 33 heteroatoms. The number of aromatic amines is 5. The number of aryl methyl sites for hydroxylation is 10. The van der Waals surface area contributed by atoms with Crippen molar-refractivity contribution in [2.24, 2.45) is 0 Å². The molecule has 5 aromatic carbocycles. The molecule has 0 saturated carbocycles.